The standard InChI is InChI=1S/C19H26N2O4/c1-25-16-8-3-2-6-14(16)19(9-10-19)13-20-17(23)12-21-11-5-4-7-15(22)18(21)24/h2-3,6,8,15,22H,4-5,7,9-13H2,1H3,(H,20,23). The summed E-state index contributed by atoms with van der Waals surface area (Å²) in [6.45, 7) is 1.08. The molecular formula is C19H26N2O4. The molecule has 6 heteroatoms. The predicted octanol–water partition coefficient (Wildman–Crippen LogP) is 1.22. The molecule has 25 heavy (non-hydrogen) atoms. The molecule has 1 aromatic carbocycles. The highest BCUT2D eigenvalue weighted by atomic mass is 16.5. The monoisotopic (exact) mass is 346 g/mol. The molecule has 1 saturated heterocycles. The second-order valence-corrected chi connectivity index (χ2v) is 7.03. The molecule has 6 nitrogen and oxygen atoms in total. The van der Waals surface area contributed by atoms with Gasteiger partial charge in [-0.3, -0.25) is 9.59 Å². The summed E-state index contributed by atoms with van der Waals surface area (Å²) in [7, 11) is 1.66. The average molecular weight is 346 g/mol. The Morgan fingerprint density at radius 3 is 2.84 bits per heavy atom. The summed E-state index contributed by atoms with van der Waals surface area (Å²) in [6.07, 6.45) is 3.15. The van der Waals surface area contributed by atoms with Crippen LogP contribution in [0.5, 0.6) is 5.75 Å². The minimum absolute atomic E-state index is 0.0118. The SMILES string of the molecule is COc1ccccc1C1(CNC(=O)CN2CCCCC(O)C2=O)CC1. The van der Waals surface area contributed by atoms with Crippen molar-refractivity contribution in [1.29, 1.82) is 0 Å². The third-order valence-electron chi connectivity index (χ3n) is 5.24. The third-order valence-corrected chi connectivity index (χ3v) is 5.24. The summed E-state index contributed by atoms with van der Waals surface area (Å²) in [4.78, 5) is 25.9. The molecule has 3 rings (SSSR count). The number of rotatable bonds is 6. The maximum absolute atomic E-state index is 12.3. The number of nitrogens with one attached hydrogen (secondary N) is 1. The van der Waals surface area contributed by atoms with Crippen LogP contribution in [0, 0.1) is 0 Å². The lowest BCUT2D eigenvalue weighted by molar-refractivity contribution is -0.142. The van der Waals surface area contributed by atoms with Crippen LogP contribution in [0.15, 0.2) is 24.3 Å². The number of benzene rings is 1. The van der Waals surface area contributed by atoms with E-state index in [0.29, 0.717) is 19.5 Å². The predicted molar refractivity (Wildman–Crippen MR) is 93.4 cm³/mol. The summed E-state index contributed by atoms with van der Waals surface area (Å²) in [5.74, 6) is 0.335. The number of aliphatic hydroxyl groups excluding tert-OH is 1. The van der Waals surface area contributed by atoms with Crippen molar-refractivity contribution in [3.05, 3.63) is 29.8 Å². The minimum Gasteiger partial charge on any atom is -0.496 e. The number of para-hydroxylation sites is 1. The van der Waals surface area contributed by atoms with Crippen LogP contribution in [0.25, 0.3) is 0 Å². The number of likely N-dealkylation sites (tertiary alicyclic amines) is 1. The summed E-state index contributed by atoms with van der Waals surface area (Å²) >= 11 is 0. The molecule has 1 atom stereocenters. The topological polar surface area (TPSA) is 78.9 Å². The lowest BCUT2D eigenvalue weighted by Crippen LogP contribution is -2.45. The van der Waals surface area contributed by atoms with Gasteiger partial charge in [0.15, 0.2) is 0 Å². The molecule has 0 radical (unpaired) electrons. The Bertz CT molecular complexity index is 642. The Balaban J connectivity index is 1.58. The van der Waals surface area contributed by atoms with E-state index in [9.17, 15) is 14.7 Å². The van der Waals surface area contributed by atoms with E-state index >= 15 is 0 Å². The molecule has 1 unspecified atom stereocenters. The first-order valence-electron chi connectivity index (χ1n) is 8.93. The number of carbonyl (C=O) groups is 2. The highest BCUT2D eigenvalue weighted by molar-refractivity contribution is 5.87. The van der Waals surface area contributed by atoms with Gasteiger partial charge in [0.05, 0.1) is 13.7 Å². The van der Waals surface area contributed by atoms with Crippen molar-refractivity contribution in [2.45, 2.75) is 43.6 Å². The number of amides is 2. The van der Waals surface area contributed by atoms with Gasteiger partial charge in [-0.05, 0) is 38.2 Å². The molecule has 2 amide bonds. The van der Waals surface area contributed by atoms with Crippen LogP contribution in [0.1, 0.15) is 37.7 Å². The fourth-order valence-electron chi connectivity index (χ4n) is 3.51. The summed E-state index contributed by atoms with van der Waals surface area (Å²) in [5.41, 5.74) is 1.06. The Kier molecular flexibility index (Phi) is 5.27. The van der Waals surface area contributed by atoms with Gasteiger partial charge in [-0.2, -0.15) is 0 Å². The zero-order chi connectivity index (χ0) is 17.9. The first-order chi connectivity index (χ1) is 12.1. The van der Waals surface area contributed by atoms with Crippen molar-refractivity contribution in [1.82, 2.24) is 10.2 Å². The molecule has 1 aliphatic carbocycles. The zero-order valence-corrected chi connectivity index (χ0v) is 14.7. The molecule has 1 saturated carbocycles. The van der Waals surface area contributed by atoms with Crippen molar-refractivity contribution in [3.63, 3.8) is 0 Å². The number of ether oxygens (including phenoxy) is 1. The van der Waals surface area contributed by atoms with E-state index in [1.807, 2.05) is 24.3 Å². The molecule has 136 valence electrons. The Hall–Kier alpha value is -2.08. The van der Waals surface area contributed by atoms with Crippen LogP contribution in [0.4, 0.5) is 0 Å². The van der Waals surface area contributed by atoms with E-state index < -0.39 is 6.10 Å². The molecule has 1 aromatic rings. The van der Waals surface area contributed by atoms with E-state index in [4.69, 9.17) is 4.74 Å². The largest absolute Gasteiger partial charge is 0.496 e. The number of carbonyl (C=O) groups excluding carboxylic acids is 2. The smallest absolute Gasteiger partial charge is 0.251 e. The molecule has 0 aromatic heterocycles. The van der Waals surface area contributed by atoms with Crippen LogP contribution in [-0.2, 0) is 15.0 Å². The molecule has 2 N–H and O–H groups in total. The van der Waals surface area contributed by atoms with Crippen molar-refractivity contribution < 1.29 is 19.4 Å². The van der Waals surface area contributed by atoms with Gasteiger partial charge < -0.3 is 20.1 Å². The Morgan fingerprint density at radius 1 is 1.36 bits per heavy atom. The molecule has 2 fully saturated rings. The van der Waals surface area contributed by atoms with Crippen LogP contribution in [0.2, 0.25) is 0 Å². The highest BCUT2D eigenvalue weighted by Gasteiger charge is 2.46. The van der Waals surface area contributed by atoms with Gasteiger partial charge in [0.1, 0.15) is 11.9 Å². The van der Waals surface area contributed by atoms with Crippen LogP contribution >= 0.6 is 0 Å². The van der Waals surface area contributed by atoms with E-state index in [-0.39, 0.29) is 23.8 Å². The molecule has 2 aliphatic rings. The second-order valence-electron chi connectivity index (χ2n) is 7.03. The van der Waals surface area contributed by atoms with E-state index in [1.54, 1.807) is 7.11 Å². The molecule has 0 bridgehead atoms. The minimum atomic E-state index is -0.973. The lowest BCUT2D eigenvalue weighted by Gasteiger charge is -2.23. The van der Waals surface area contributed by atoms with Gasteiger partial charge in [0.2, 0.25) is 5.91 Å². The average Bonchev–Trinajstić information content (AvgIpc) is 3.43. The Labute approximate surface area is 148 Å². The van der Waals surface area contributed by atoms with Gasteiger partial charge in [-0.25, -0.2) is 0 Å². The molecule has 1 aliphatic heterocycles. The number of hydrogen-bond donors (Lipinski definition) is 2. The van der Waals surface area contributed by atoms with Crippen molar-refractivity contribution in [2.24, 2.45) is 0 Å². The number of aliphatic hydroxyl groups is 1. The normalized spacial score (nSPS) is 22.2. The number of methoxy groups -OCH3 is 1. The van der Waals surface area contributed by atoms with Gasteiger partial charge >= 0.3 is 0 Å². The van der Waals surface area contributed by atoms with Crippen molar-refractivity contribution in [2.75, 3.05) is 26.7 Å². The molecular weight excluding hydrogens is 320 g/mol. The summed E-state index contributed by atoms with van der Waals surface area (Å²) in [5, 5.41) is 12.7. The van der Waals surface area contributed by atoms with Crippen LogP contribution in [0.3, 0.4) is 0 Å². The van der Waals surface area contributed by atoms with Crippen LogP contribution in [-0.4, -0.2) is 54.7 Å². The number of hydrogen-bond acceptors (Lipinski definition) is 4. The highest BCUT2D eigenvalue weighted by Crippen LogP contribution is 2.50. The van der Waals surface area contributed by atoms with Gasteiger partial charge in [0, 0.05) is 24.1 Å². The maximum atomic E-state index is 12.3. The van der Waals surface area contributed by atoms with Gasteiger partial charge in [0.25, 0.3) is 5.91 Å². The Morgan fingerprint density at radius 2 is 2.12 bits per heavy atom. The van der Waals surface area contributed by atoms with E-state index in [1.165, 1.54) is 4.90 Å². The lowest BCUT2D eigenvalue weighted by atomic mass is 9.95. The van der Waals surface area contributed by atoms with Gasteiger partial charge in [-0.15, -0.1) is 0 Å². The first kappa shape index (κ1) is 17.7. The fraction of sp³-hybridized carbons (Fsp3) is 0.579. The molecule has 0 spiro atoms. The number of nitrogens with zero attached hydrogens (tertiary/aromatic N) is 1. The van der Waals surface area contributed by atoms with Gasteiger partial charge in [-0.1, -0.05) is 18.2 Å². The molecule has 1 heterocycles. The fourth-order valence-corrected chi connectivity index (χ4v) is 3.51. The third kappa shape index (κ3) is 3.95. The first-order valence-corrected chi connectivity index (χ1v) is 8.93. The maximum Gasteiger partial charge on any atom is 0.251 e. The van der Waals surface area contributed by atoms with E-state index in [0.717, 1.165) is 37.0 Å². The summed E-state index contributed by atoms with van der Waals surface area (Å²) in [6, 6.07) is 7.91. The van der Waals surface area contributed by atoms with E-state index in [2.05, 4.69) is 5.32 Å². The summed E-state index contributed by atoms with van der Waals surface area (Å²) < 4.78 is 5.45. The van der Waals surface area contributed by atoms with Crippen molar-refractivity contribution in [3.8, 4) is 5.75 Å². The van der Waals surface area contributed by atoms with Crippen molar-refractivity contribution >= 4 is 11.8 Å². The zero-order valence-electron chi connectivity index (χ0n) is 14.7. The second kappa shape index (κ2) is 7.44. The van der Waals surface area contributed by atoms with Crippen LogP contribution < -0.4 is 10.1 Å². The quantitative estimate of drug-likeness (QED) is 0.812.